The second-order valence-corrected chi connectivity index (χ2v) is 7.95. The average molecular weight is 360 g/mol. The molecule has 0 unspecified atom stereocenters. The van der Waals surface area contributed by atoms with Gasteiger partial charge in [-0.05, 0) is 43.2 Å². The van der Waals surface area contributed by atoms with Crippen LogP contribution in [-0.2, 0) is 14.3 Å². The maximum atomic E-state index is 12.0. The highest BCUT2D eigenvalue weighted by Crippen LogP contribution is 2.31. The molecule has 6 heteroatoms. The van der Waals surface area contributed by atoms with Crippen molar-refractivity contribution in [1.82, 2.24) is 4.98 Å². The number of carbonyl (C=O) groups excluding carboxylic acids is 2. The first-order valence-electron chi connectivity index (χ1n) is 8.86. The molecule has 1 aromatic heterocycles. The smallest absolute Gasteiger partial charge is 0.306 e. The first-order chi connectivity index (χ1) is 12.0. The molecule has 0 spiro atoms. The second kappa shape index (κ2) is 7.95. The van der Waals surface area contributed by atoms with Crippen LogP contribution in [0.1, 0.15) is 46.0 Å². The van der Waals surface area contributed by atoms with Crippen LogP contribution in [0.2, 0.25) is 0 Å². The van der Waals surface area contributed by atoms with Gasteiger partial charge in [-0.25, -0.2) is 4.98 Å². The number of nitrogens with one attached hydrogen (secondary N) is 1. The fourth-order valence-corrected chi connectivity index (χ4v) is 4.06. The topological polar surface area (TPSA) is 68.3 Å². The highest BCUT2D eigenvalue weighted by atomic mass is 32.1. The molecule has 5 nitrogen and oxygen atoms in total. The summed E-state index contributed by atoms with van der Waals surface area (Å²) < 4.78 is 6.55. The fraction of sp³-hybridized carbons (Fsp3) is 0.526. The van der Waals surface area contributed by atoms with E-state index in [4.69, 9.17) is 4.74 Å². The minimum atomic E-state index is -0.286. The van der Waals surface area contributed by atoms with Gasteiger partial charge in [0, 0.05) is 6.42 Å². The van der Waals surface area contributed by atoms with Crippen molar-refractivity contribution in [2.24, 2.45) is 11.8 Å². The minimum absolute atomic E-state index is 0.00558. The molecular formula is C19H24N2O3S. The van der Waals surface area contributed by atoms with Gasteiger partial charge in [0.05, 0.1) is 16.6 Å². The third-order valence-corrected chi connectivity index (χ3v) is 5.90. The molecule has 134 valence electrons. The molecule has 0 radical (unpaired) electrons. The molecule has 0 bridgehead atoms. The largest absolute Gasteiger partial charge is 0.462 e. The van der Waals surface area contributed by atoms with Gasteiger partial charge in [0.25, 0.3) is 0 Å². The first kappa shape index (κ1) is 17.9. The van der Waals surface area contributed by atoms with Crippen LogP contribution in [0.15, 0.2) is 24.3 Å². The summed E-state index contributed by atoms with van der Waals surface area (Å²) >= 11 is 1.43. The van der Waals surface area contributed by atoms with Gasteiger partial charge in [-0.2, -0.15) is 0 Å². The number of thiazole rings is 1. The summed E-state index contributed by atoms with van der Waals surface area (Å²) in [4.78, 5) is 28.4. The number of carbonyl (C=O) groups is 2. The Labute approximate surface area is 151 Å². The number of aromatic nitrogens is 1. The summed E-state index contributed by atoms with van der Waals surface area (Å²) in [6, 6.07) is 7.72. The van der Waals surface area contributed by atoms with E-state index < -0.39 is 0 Å². The van der Waals surface area contributed by atoms with E-state index in [9.17, 15) is 9.59 Å². The normalized spacial score (nSPS) is 23.4. The maximum absolute atomic E-state index is 12.0. The van der Waals surface area contributed by atoms with Crippen molar-refractivity contribution < 1.29 is 14.3 Å². The Balaban J connectivity index is 1.43. The lowest BCUT2D eigenvalue weighted by atomic mass is 9.80. The summed E-state index contributed by atoms with van der Waals surface area (Å²) in [6.07, 6.45) is 3.17. The number of hydrogen-bond acceptors (Lipinski definition) is 5. The van der Waals surface area contributed by atoms with Crippen molar-refractivity contribution in [2.75, 3.05) is 5.32 Å². The third-order valence-electron chi connectivity index (χ3n) is 4.94. The van der Waals surface area contributed by atoms with Crippen LogP contribution < -0.4 is 5.32 Å². The van der Waals surface area contributed by atoms with Gasteiger partial charge in [0.2, 0.25) is 5.91 Å². The van der Waals surface area contributed by atoms with Crippen LogP contribution in [0.3, 0.4) is 0 Å². The zero-order valence-corrected chi connectivity index (χ0v) is 15.5. The van der Waals surface area contributed by atoms with Crippen LogP contribution in [0, 0.1) is 11.8 Å². The van der Waals surface area contributed by atoms with Gasteiger partial charge >= 0.3 is 5.97 Å². The van der Waals surface area contributed by atoms with E-state index in [2.05, 4.69) is 24.1 Å². The Morgan fingerprint density at radius 2 is 2.00 bits per heavy atom. The van der Waals surface area contributed by atoms with Gasteiger partial charge in [-0.1, -0.05) is 37.3 Å². The number of hydrogen-bond donors (Lipinski definition) is 1. The summed E-state index contributed by atoms with van der Waals surface area (Å²) in [7, 11) is 0. The number of para-hydroxylation sites is 1. The zero-order valence-electron chi connectivity index (χ0n) is 14.7. The van der Waals surface area contributed by atoms with E-state index in [1.165, 1.54) is 11.3 Å². The molecule has 2 aromatic rings. The van der Waals surface area contributed by atoms with E-state index in [1.54, 1.807) is 0 Å². The average Bonchev–Trinajstić information content (AvgIpc) is 2.98. The van der Waals surface area contributed by atoms with Crippen molar-refractivity contribution in [2.45, 2.75) is 52.1 Å². The van der Waals surface area contributed by atoms with Crippen LogP contribution in [-0.4, -0.2) is 23.0 Å². The van der Waals surface area contributed by atoms with E-state index in [0.29, 0.717) is 17.0 Å². The minimum Gasteiger partial charge on any atom is -0.462 e. The molecule has 1 aromatic carbocycles. The Kier molecular flexibility index (Phi) is 5.68. The van der Waals surface area contributed by atoms with Gasteiger partial charge in [0.15, 0.2) is 5.13 Å². The van der Waals surface area contributed by atoms with Crippen LogP contribution in [0.25, 0.3) is 10.2 Å². The molecule has 0 saturated heterocycles. The number of esters is 1. The van der Waals surface area contributed by atoms with Crippen molar-refractivity contribution in [1.29, 1.82) is 0 Å². The summed E-state index contributed by atoms with van der Waals surface area (Å²) in [5.41, 5.74) is 0.864. The molecule has 1 heterocycles. The summed E-state index contributed by atoms with van der Waals surface area (Å²) in [6.45, 7) is 4.45. The molecule has 1 amide bonds. The Hall–Kier alpha value is -1.95. The number of nitrogens with zero attached hydrogens (tertiary/aromatic N) is 1. The predicted octanol–water partition coefficient (Wildman–Crippen LogP) is 4.38. The van der Waals surface area contributed by atoms with Gasteiger partial charge < -0.3 is 10.1 Å². The zero-order chi connectivity index (χ0) is 17.8. The standard InChI is InChI=1S/C19H24N2O3S/c1-12-7-8-14(11-13(12)2)24-18(23)10-9-17(22)21-19-20-15-5-3-4-6-16(15)25-19/h3-6,12-14H,7-11H2,1-2H3,(H,20,21,22)/t12-,13+,14-/m1/s1. The second-order valence-electron chi connectivity index (χ2n) is 6.91. The van der Waals surface area contributed by atoms with E-state index >= 15 is 0 Å². The van der Waals surface area contributed by atoms with Crippen LogP contribution in [0.5, 0.6) is 0 Å². The molecule has 25 heavy (non-hydrogen) atoms. The van der Waals surface area contributed by atoms with Crippen molar-refractivity contribution in [3.63, 3.8) is 0 Å². The number of amides is 1. The molecule has 1 N–H and O–H groups in total. The molecule has 1 aliphatic carbocycles. The van der Waals surface area contributed by atoms with Gasteiger partial charge in [-0.3, -0.25) is 9.59 Å². The van der Waals surface area contributed by atoms with E-state index in [1.807, 2.05) is 24.3 Å². The van der Waals surface area contributed by atoms with Crippen molar-refractivity contribution in [3.05, 3.63) is 24.3 Å². The number of ether oxygens (including phenoxy) is 1. The Morgan fingerprint density at radius 3 is 2.76 bits per heavy atom. The van der Waals surface area contributed by atoms with Crippen LogP contribution in [0.4, 0.5) is 5.13 Å². The van der Waals surface area contributed by atoms with E-state index in [0.717, 1.165) is 29.5 Å². The van der Waals surface area contributed by atoms with Crippen LogP contribution >= 0.6 is 11.3 Å². The van der Waals surface area contributed by atoms with Crippen molar-refractivity contribution in [3.8, 4) is 0 Å². The Bertz CT molecular complexity index is 725. The SMILES string of the molecule is C[C@@H]1CC[C@@H](OC(=O)CCC(=O)Nc2nc3ccccc3s2)C[C@@H]1C. The number of benzene rings is 1. The van der Waals surface area contributed by atoms with Crippen molar-refractivity contribution >= 4 is 38.6 Å². The highest BCUT2D eigenvalue weighted by Gasteiger charge is 2.27. The maximum Gasteiger partial charge on any atom is 0.306 e. The van der Waals surface area contributed by atoms with Gasteiger partial charge in [0.1, 0.15) is 6.10 Å². The van der Waals surface area contributed by atoms with E-state index in [-0.39, 0.29) is 30.8 Å². The first-order valence-corrected chi connectivity index (χ1v) is 9.68. The number of fused-ring (bicyclic) bond motifs is 1. The molecule has 1 saturated carbocycles. The lowest BCUT2D eigenvalue weighted by Gasteiger charge is -2.31. The monoisotopic (exact) mass is 360 g/mol. The number of rotatable bonds is 5. The molecule has 3 atom stereocenters. The molecular weight excluding hydrogens is 336 g/mol. The predicted molar refractivity (Wildman–Crippen MR) is 99.5 cm³/mol. The summed E-state index contributed by atoms with van der Waals surface area (Å²) in [5, 5.41) is 3.33. The highest BCUT2D eigenvalue weighted by molar-refractivity contribution is 7.22. The molecule has 3 rings (SSSR count). The number of anilines is 1. The molecule has 1 fully saturated rings. The Morgan fingerprint density at radius 1 is 1.20 bits per heavy atom. The quantitative estimate of drug-likeness (QED) is 0.803. The fourth-order valence-electron chi connectivity index (χ4n) is 3.17. The molecule has 1 aliphatic rings. The molecule has 0 aliphatic heterocycles. The van der Waals surface area contributed by atoms with Gasteiger partial charge in [-0.15, -0.1) is 0 Å². The summed E-state index contributed by atoms with van der Waals surface area (Å²) in [5.74, 6) is 0.774. The third kappa shape index (κ3) is 4.78. The lowest BCUT2D eigenvalue weighted by Crippen LogP contribution is -2.29. The lowest BCUT2D eigenvalue weighted by molar-refractivity contribution is -0.152.